The average molecular weight is 372 g/mol. The van der Waals surface area contributed by atoms with E-state index in [1.54, 1.807) is 0 Å². The molecule has 0 saturated heterocycles. The smallest absolute Gasteiger partial charge is 0.252 e. The molecule has 1 heterocycles. The highest BCUT2D eigenvalue weighted by Crippen LogP contribution is 2.28. The van der Waals surface area contributed by atoms with E-state index in [0.29, 0.717) is 10.8 Å². The zero-order valence-electron chi connectivity index (χ0n) is 14.4. The lowest BCUT2D eigenvalue weighted by Gasteiger charge is -2.07. The van der Waals surface area contributed by atoms with Crippen molar-refractivity contribution in [1.82, 2.24) is 4.98 Å². The molecule has 0 fully saturated rings. The molecule has 25 heavy (non-hydrogen) atoms. The van der Waals surface area contributed by atoms with Crippen LogP contribution in [0, 0.1) is 13.8 Å². The standard InChI is InChI=1S/C20H21NO2S2/c1-13-10-15(11-14(2)18(13)22)8-9-17-12-21-19(24-17)20(23)25-16-6-4-3-5-7-16/h4,6-7,10-12,22H,3,5,8-9H2,1-2H3. The number of hydrogen-bond donors (Lipinski definition) is 1. The van der Waals surface area contributed by atoms with E-state index >= 15 is 0 Å². The largest absolute Gasteiger partial charge is 0.507 e. The van der Waals surface area contributed by atoms with E-state index in [-0.39, 0.29) is 5.12 Å². The normalized spacial score (nSPS) is 13.8. The van der Waals surface area contributed by atoms with Gasteiger partial charge >= 0.3 is 0 Å². The first kappa shape index (κ1) is 18.0. The van der Waals surface area contributed by atoms with Crippen LogP contribution in [0.25, 0.3) is 0 Å². The molecule has 0 aliphatic heterocycles. The van der Waals surface area contributed by atoms with Gasteiger partial charge in [0.1, 0.15) is 5.75 Å². The number of thioether (sulfide) groups is 1. The van der Waals surface area contributed by atoms with Crippen LogP contribution >= 0.6 is 23.1 Å². The van der Waals surface area contributed by atoms with E-state index in [1.165, 1.54) is 28.7 Å². The van der Waals surface area contributed by atoms with Crippen LogP contribution < -0.4 is 0 Å². The molecule has 130 valence electrons. The monoisotopic (exact) mass is 371 g/mol. The molecular weight excluding hydrogens is 350 g/mol. The van der Waals surface area contributed by atoms with Crippen LogP contribution in [0.5, 0.6) is 5.75 Å². The fourth-order valence-electron chi connectivity index (χ4n) is 2.79. The predicted octanol–water partition coefficient (Wildman–Crippen LogP) is 5.36. The molecule has 0 saturated carbocycles. The van der Waals surface area contributed by atoms with E-state index in [9.17, 15) is 9.90 Å². The molecule has 0 spiro atoms. The molecule has 0 radical (unpaired) electrons. The minimum atomic E-state index is 0.0189. The van der Waals surface area contributed by atoms with Crippen molar-refractivity contribution in [2.24, 2.45) is 0 Å². The summed E-state index contributed by atoms with van der Waals surface area (Å²) in [6.07, 6.45) is 11.8. The van der Waals surface area contributed by atoms with Crippen LogP contribution in [-0.4, -0.2) is 15.2 Å². The topological polar surface area (TPSA) is 50.2 Å². The highest BCUT2D eigenvalue weighted by molar-refractivity contribution is 8.17. The number of aromatic hydroxyl groups is 1. The van der Waals surface area contributed by atoms with E-state index < -0.39 is 0 Å². The van der Waals surface area contributed by atoms with Gasteiger partial charge in [0.15, 0.2) is 5.01 Å². The summed E-state index contributed by atoms with van der Waals surface area (Å²) in [6, 6.07) is 4.04. The van der Waals surface area contributed by atoms with Crippen LogP contribution in [0.4, 0.5) is 0 Å². The van der Waals surface area contributed by atoms with Gasteiger partial charge in [-0.15, -0.1) is 11.3 Å². The molecule has 1 aliphatic carbocycles. The van der Waals surface area contributed by atoms with Gasteiger partial charge in [0.05, 0.1) is 0 Å². The lowest BCUT2D eigenvalue weighted by Crippen LogP contribution is -1.93. The molecule has 5 heteroatoms. The van der Waals surface area contributed by atoms with Gasteiger partial charge in [0.25, 0.3) is 5.12 Å². The third-order valence-electron chi connectivity index (χ3n) is 4.11. The Morgan fingerprint density at radius 3 is 2.68 bits per heavy atom. The van der Waals surface area contributed by atoms with Gasteiger partial charge in [0.2, 0.25) is 0 Å². The van der Waals surface area contributed by atoms with Crippen molar-refractivity contribution in [2.45, 2.75) is 39.5 Å². The van der Waals surface area contributed by atoms with E-state index in [2.05, 4.69) is 17.1 Å². The summed E-state index contributed by atoms with van der Waals surface area (Å²) in [7, 11) is 0. The second-order valence-corrected chi connectivity index (χ2v) is 8.35. The summed E-state index contributed by atoms with van der Waals surface area (Å²) in [5, 5.41) is 10.4. The predicted molar refractivity (Wildman–Crippen MR) is 105 cm³/mol. The fourth-order valence-corrected chi connectivity index (χ4v) is 4.51. The molecule has 0 amide bonds. The minimum Gasteiger partial charge on any atom is -0.507 e. The Balaban J connectivity index is 1.61. The molecule has 3 rings (SSSR count). The lowest BCUT2D eigenvalue weighted by molar-refractivity contribution is 0.108. The number of aromatic nitrogens is 1. The maximum Gasteiger partial charge on any atom is 0.252 e. The van der Waals surface area contributed by atoms with Crippen molar-refractivity contribution in [2.75, 3.05) is 0 Å². The Morgan fingerprint density at radius 2 is 2.00 bits per heavy atom. The van der Waals surface area contributed by atoms with Crippen LogP contribution in [0.3, 0.4) is 0 Å². The number of phenols is 1. The summed E-state index contributed by atoms with van der Waals surface area (Å²) >= 11 is 2.74. The maximum atomic E-state index is 12.3. The van der Waals surface area contributed by atoms with Gasteiger partial charge in [-0.25, -0.2) is 4.98 Å². The third-order valence-corrected chi connectivity index (χ3v) is 6.21. The molecule has 0 atom stereocenters. The van der Waals surface area contributed by atoms with Crippen LogP contribution in [0.1, 0.15) is 44.2 Å². The van der Waals surface area contributed by atoms with Crippen molar-refractivity contribution in [3.63, 3.8) is 0 Å². The van der Waals surface area contributed by atoms with Crippen LogP contribution in [0.2, 0.25) is 0 Å². The van der Waals surface area contributed by atoms with Gasteiger partial charge in [-0.1, -0.05) is 30.4 Å². The molecule has 3 nitrogen and oxygen atoms in total. The first-order chi connectivity index (χ1) is 12.0. The quantitative estimate of drug-likeness (QED) is 0.769. The van der Waals surface area contributed by atoms with Gasteiger partial charge in [-0.05, 0) is 68.0 Å². The van der Waals surface area contributed by atoms with E-state index in [0.717, 1.165) is 46.6 Å². The second-order valence-electron chi connectivity index (χ2n) is 6.19. The summed E-state index contributed by atoms with van der Waals surface area (Å²) in [5.74, 6) is 0.373. The average Bonchev–Trinajstić information content (AvgIpc) is 3.08. The molecule has 0 bridgehead atoms. The van der Waals surface area contributed by atoms with Gasteiger partial charge in [-0.3, -0.25) is 4.79 Å². The minimum absolute atomic E-state index is 0.0189. The molecule has 1 N–H and O–H groups in total. The zero-order valence-corrected chi connectivity index (χ0v) is 16.0. The number of benzene rings is 1. The van der Waals surface area contributed by atoms with Crippen LogP contribution in [0.15, 0.2) is 41.5 Å². The molecule has 1 aliphatic rings. The summed E-state index contributed by atoms with van der Waals surface area (Å²) in [5.41, 5.74) is 3.00. The summed E-state index contributed by atoms with van der Waals surface area (Å²) in [4.78, 5) is 18.8. The Bertz CT molecular complexity index is 826. The number of carbonyl (C=O) groups excluding carboxylic acids is 1. The number of nitrogens with zero attached hydrogens (tertiary/aromatic N) is 1. The number of rotatable bonds is 5. The number of carbonyl (C=O) groups is 1. The summed E-state index contributed by atoms with van der Waals surface area (Å²) in [6.45, 7) is 3.84. The Morgan fingerprint density at radius 1 is 1.24 bits per heavy atom. The van der Waals surface area contributed by atoms with Gasteiger partial charge in [0, 0.05) is 16.0 Å². The number of hydrogen-bond acceptors (Lipinski definition) is 5. The number of phenolic OH excluding ortho intramolecular Hbond substituents is 1. The van der Waals surface area contributed by atoms with Gasteiger partial charge < -0.3 is 5.11 Å². The molecule has 1 aromatic carbocycles. The van der Waals surface area contributed by atoms with E-state index in [1.807, 2.05) is 38.3 Å². The van der Waals surface area contributed by atoms with Crippen molar-refractivity contribution in [3.05, 3.63) is 68.0 Å². The third kappa shape index (κ3) is 4.61. The second kappa shape index (κ2) is 8.02. The molecular formula is C20H21NO2S2. The van der Waals surface area contributed by atoms with Crippen LogP contribution in [-0.2, 0) is 12.8 Å². The SMILES string of the molecule is Cc1cc(CCc2cnc(C(=O)SC3=CCCC=C3)s2)cc(C)c1O. The first-order valence-electron chi connectivity index (χ1n) is 8.35. The molecule has 1 aromatic heterocycles. The van der Waals surface area contributed by atoms with Crippen molar-refractivity contribution >= 4 is 28.2 Å². The Kier molecular flexibility index (Phi) is 5.76. The zero-order chi connectivity index (χ0) is 17.8. The number of aryl methyl sites for hydroxylation is 4. The number of thiazole rings is 1. The highest BCUT2D eigenvalue weighted by atomic mass is 32.2. The lowest BCUT2D eigenvalue weighted by atomic mass is 10.0. The van der Waals surface area contributed by atoms with Crippen molar-refractivity contribution in [3.8, 4) is 5.75 Å². The molecule has 2 aromatic rings. The van der Waals surface area contributed by atoms with Gasteiger partial charge in [-0.2, -0.15) is 0 Å². The highest BCUT2D eigenvalue weighted by Gasteiger charge is 2.14. The maximum absolute atomic E-state index is 12.3. The van der Waals surface area contributed by atoms with Crippen molar-refractivity contribution in [1.29, 1.82) is 0 Å². The first-order valence-corrected chi connectivity index (χ1v) is 9.99. The van der Waals surface area contributed by atoms with Crippen molar-refractivity contribution < 1.29 is 9.90 Å². The summed E-state index contributed by atoms with van der Waals surface area (Å²) < 4.78 is 0. The van der Waals surface area contributed by atoms with E-state index in [4.69, 9.17) is 0 Å². The Hall–Kier alpha value is -1.85. The Labute approximate surface area is 156 Å². The number of allylic oxidation sites excluding steroid dienone is 3. The molecule has 0 unspecified atom stereocenters. The fraction of sp³-hybridized carbons (Fsp3) is 0.300.